The van der Waals surface area contributed by atoms with E-state index in [1.807, 2.05) is 5.48 Å². The zero-order chi connectivity index (χ0) is 7.28. The van der Waals surface area contributed by atoms with E-state index in [4.69, 9.17) is 0 Å². The number of nitrogens with one attached hydrogen (secondary N) is 1. The summed E-state index contributed by atoms with van der Waals surface area (Å²) in [5.41, 5.74) is 1.84. The van der Waals surface area contributed by atoms with Crippen molar-refractivity contribution < 1.29 is 14.4 Å². The molecule has 9 heavy (non-hydrogen) atoms. The van der Waals surface area contributed by atoms with Gasteiger partial charge >= 0.3 is 5.97 Å². The first kappa shape index (κ1) is 7.68. The summed E-state index contributed by atoms with van der Waals surface area (Å²) in [6.45, 7) is 4.35. The molecule has 0 heterocycles. The highest BCUT2D eigenvalue weighted by Crippen LogP contribution is 1.71. The van der Waals surface area contributed by atoms with Crippen LogP contribution >= 0.6 is 0 Å². The van der Waals surface area contributed by atoms with Gasteiger partial charge < -0.3 is 4.84 Å². The summed E-state index contributed by atoms with van der Waals surface area (Å²) in [7, 11) is 0. The van der Waals surface area contributed by atoms with Gasteiger partial charge in [0.15, 0.2) is 0 Å². The second-order valence-corrected chi connectivity index (χ2v) is 1.28. The van der Waals surface area contributed by atoms with Crippen molar-refractivity contribution in [3.05, 3.63) is 12.7 Å². The topological polar surface area (TPSA) is 55.4 Å². The minimum Gasteiger partial charge on any atom is -0.336 e. The van der Waals surface area contributed by atoms with Crippen LogP contribution in [0.2, 0.25) is 0 Å². The van der Waals surface area contributed by atoms with E-state index in [2.05, 4.69) is 11.4 Å². The molecule has 0 aliphatic rings. The Kier molecular flexibility index (Phi) is 3.12. The first-order valence-electron chi connectivity index (χ1n) is 2.26. The van der Waals surface area contributed by atoms with Gasteiger partial charge in [0.25, 0.3) is 0 Å². The summed E-state index contributed by atoms with van der Waals surface area (Å²) in [5, 5.41) is 0. The fourth-order valence-corrected chi connectivity index (χ4v) is 0.164. The van der Waals surface area contributed by atoms with Gasteiger partial charge in [0.2, 0.25) is 5.91 Å². The molecule has 0 bridgehead atoms. The Morgan fingerprint density at radius 1 is 1.67 bits per heavy atom. The summed E-state index contributed by atoms with van der Waals surface area (Å²) >= 11 is 0. The summed E-state index contributed by atoms with van der Waals surface area (Å²) in [5.74, 6) is -1.10. The molecule has 0 rings (SSSR count). The molecule has 0 unspecified atom stereocenters. The van der Waals surface area contributed by atoms with Gasteiger partial charge in [0, 0.05) is 13.0 Å². The van der Waals surface area contributed by atoms with Gasteiger partial charge in [0.1, 0.15) is 0 Å². The summed E-state index contributed by atoms with van der Waals surface area (Å²) in [6, 6.07) is 0. The number of hydroxylamine groups is 1. The molecule has 0 spiro atoms. The third kappa shape index (κ3) is 4.53. The Morgan fingerprint density at radius 3 is 2.56 bits per heavy atom. The van der Waals surface area contributed by atoms with E-state index in [1.165, 1.54) is 6.92 Å². The Bertz CT molecular complexity index is 141. The van der Waals surface area contributed by atoms with Gasteiger partial charge in [-0.1, -0.05) is 6.58 Å². The lowest BCUT2D eigenvalue weighted by Gasteiger charge is -1.96. The van der Waals surface area contributed by atoms with Crippen LogP contribution in [0.25, 0.3) is 0 Å². The number of hydrogen-bond acceptors (Lipinski definition) is 3. The van der Waals surface area contributed by atoms with Gasteiger partial charge in [-0.15, -0.1) is 0 Å². The standard InChI is InChI=1S/C5H7NO3/c1-3-5(8)9-6-4(2)7/h3H,1H2,2H3,(H,6,7). The largest absolute Gasteiger partial charge is 0.355 e. The van der Waals surface area contributed by atoms with Crippen LogP contribution in [0.1, 0.15) is 6.92 Å². The maximum atomic E-state index is 10.2. The third-order valence-electron chi connectivity index (χ3n) is 0.462. The molecule has 0 fully saturated rings. The lowest BCUT2D eigenvalue weighted by molar-refractivity contribution is -0.152. The van der Waals surface area contributed by atoms with Gasteiger partial charge in [-0.25, -0.2) is 4.79 Å². The predicted octanol–water partition coefficient (Wildman–Crippen LogP) is -0.233. The molecule has 4 heteroatoms. The van der Waals surface area contributed by atoms with Crippen molar-refractivity contribution in [3.8, 4) is 0 Å². The Morgan fingerprint density at radius 2 is 2.22 bits per heavy atom. The molecule has 1 amide bonds. The molecule has 50 valence electrons. The highest BCUT2D eigenvalue weighted by molar-refractivity contribution is 5.82. The maximum Gasteiger partial charge on any atom is 0.355 e. The van der Waals surface area contributed by atoms with Crippen molar-refractivity contribution >= 4 is 11.9 Å². The van der Waals surface area contributed by atoms with Crippen LogP contribution in [0, 0.1) is 0 Å². The lowest BCUT2D eigenvalue weighted by Crippen LogP contribution is -2.23. The van der Waals surface area contributed by atoms with Gasteiger partial charge in [-0.3, -0.25) is 4.79 Å². The normalized spacial score (nSPS) is 7.67. The number of hydrogen-bond donors (Lipinski definition) is 1. The van der Waals surface area contributed by atoms with Crippen LogP contribution in [0.5, 0.6) is 0 Å². The van der Waals surface area contributed by atoms with Gasteiger partial charge in [-0.05, 0) is 0 Å². The molecular weight excluding hydrogens is 122 g/mol. The van der Waals surface area contributed by atoms with E-state index < -0.39 is 11.9 Å². The Labute approximate surface area is 52.4 Å². The zero-order valence-electron chi connectivity index (χ0n) is 5.01. The number of rotatable bonds is 1. The van der Waals surface area contributed by atoms with Gasteiger partial charge in [0.05, 0.1) is 0 Å². The molecule has 0 aromatic rings. The summed E-state index contributed by atoms with van der Waals surface area (Å²) in [4.78, 5) is 24.3. The van der Waals surface area contributed by atoms with E-state index in [-0.39, 0.29) is 0 Å². The SMILES string of the molecule is C=CC(=O)ONC(C)=O. The number of carbonyl (C=O) groups excluding carboxylic acids is 2. The second-order valence-electron chi connectivity index (χ2n) is 1.28. The fraction of sp³-hybridized carbons (Fsp3) is 0.200. The van der Waals surface area contributed by atoms with Crippen LogP contribution in [-0.4, -0.2) is 11.9 Å². The average molecular weight is 129 g/mol. The molecular formula is C5H7NO3. The molecule has 0 aromatic carbocycles. The summed E-state index contributed by atoms with van der Waals surface area (Å²) in [6.07, 6.45) is 0.954. The van der Waals surface area contributed by atoms with Crippen LogP contribution < -0.4 is 5.48 Å². The summed E-state index contributed by atoms with van der Waals surface area (Å²) < 4.78 is 0. The first-order chi connectivity index (χ1) is 4.16. The molecule has 0 atom stereocenters. The van der Waals surface area contributed by atoms with E-state index in [0.29, 0.717) is 0 Å². The highest BCUT2D eigenvalue weighted by atomic mass is 16.7. The van der Waals surface area contributed by atoms with E-state index >= 15 is 0 Å². The molecule has 0 aliphatic carbocycles. The van der Waals surface area contributed by atoms with Crippen molar-refractivity contribution in [2.24, 2.45) is 0 Å². The smallest absolute Gasteiger partial charge is 0.336 e. The predicted molar refractivity (Wildman–Crippen MR) is 30.1 cm³/mol. The highest BCUT2D eigenvalue weighted by Gasteiger charge is 1.94. The molecule has 0 radical (unpaired) electrons. The second kappa shape index (κ2) is 3.65. The Hall–Kier alpha value is -1.32. The van der Waals surface area contributed by atoms with Crippen molar-refractivity contribution in [2.75, 3.05) is 0 Å². The lowest BCUT2D eigenvalue weighted by atomic mass is 10.7. The minimum absolute atomic E-state index is 0.426. The van der Waals surface area contributed by atoms with Crippen LogP contribution in [-0.2, 0) is 14.4 Å². The van der Waals surface area contributed by atoms with Gasteiger partial charge in [-0.2, -0.15) is 5.48 Å². The molecule has 0 aliphatic heterocycles. The van der Waals surface area contributed by atoms with Crippen molar-refractivity contribution in [3.63, 3.8) is 0 Å². The first-order valence-corrected chi connectivity index (χ1v) is 2.26. The van der Waals surface area contributed by atoms with E-state index in [1.54, 1.807) is 0 Å². The monoisotopic (exact) mass is 129 g/mol. The number of amides is 1. The van der Waals surface area contributed by atoms with Crippen LogP contribution in [0.4, 0.5) is 0 Å². The average Bonchev–Trinajstić information content (AvgIpc) is 1.83. The zero-order valence-corrected chi connectivity index (χ0v) is 5.01. The van der Waals surface area contributed by atoms with E-state index in [0.717, 1.165) is 6.08 Å². The number of carbonyl (C=O) groups is 2. The Balaban J connectivity index is 3.39. The van der Waals surface area contributed by atoms with Crippen molar-refractivity contribution in [1.82, 2.24) is 5.48 Å². The molecule has 0 saturated heterocycles. The molecule has 4 nitrogen and oxygen atoms in total. The van der Waals surface area contributed by atoms with E-state index in [9.17, 15) is 9.59 Å². The molecule has 0 aromatic heterocycles. The van der Waals surface area contributed by atoms with Crippen LogP contribution in [0.3, 0.4) is 0 Å². The van der Waals surface area contributed by atoms with Crippen molar-refractivity contribution in [1.29, 1.82) is 0 Å². The molecule has 1 N–H and O–H groups in total. The van der Waals surface area contributed by atoms with Crippen LogP contribution in [0.15, 0.2) is 12.7 Å². The maximum absolute atomic E-state index is 10.2. The van der Waals surface area contributed by atoms with Crippen molar-refractivity contribution in [2.45, 2.75) is 6.92 Å². The minimum atomic E-state index is -0.676. The fourth-order valence-electron chi connectivity index (χ4n) is 0.164. The quantitative estimate of drug-likeness (QED) is 0.393. The molecule has 0 saturated carbocycles. The third-order valence-corrected chi connectivity index (χ3v) is 0.462.